The Morgan fingerprint density at radius 2 is 2.00 bits per heavy atom. The summed E-state index contributed by atoms with van der Waals surface area (Å²) in [5.74, 6) is 0.930. The molecule has 0 aliphatic carbocycles. The van der Waals surface area contributed by atoms with Gasteiger partial charge < -0.3 is 4.74 Å². The third-order valence-electron chi connectivity index (χ3n) is 4.54. The quantitative estimate of drug-likeness (QED) is 0.848. The smallest absolute Gasteiger partial charge is 0.165 e. The molecule has 6 heteroatoms. The van der Waals surface area contributed by atoms with Gasteiger partial charge >= 0.3 is 0 Å². The van der Waals surface area contributed by atoms with Crippen molar-refractivity contribution in [3.8, 4) is 0 Å². The highest BCUT2D eigenvalue weighted by Gasteiger charge is 2.34. The van der Waals surface area contributed by atoms with Gasteiger partial charge in [0.15, 0.2) is 5.82 Å². The maximum atomic E-state index is 6.12. The molecule has 1 fully saturated rings. The lowest BCUT2D eigenvalue weighted by atomic mass is 9.98. The van der Waals surface area contributed by atoms with E-state index in [2.05, 4.69) is 65.5 Å². The van der Waals surface area contributed by atoms with Gasteiger partial charge in [-0.1, -0.05) is 37.3 Å². The third-order valence-corrected chi connectivity index (χ3v) is 4.54. The summed E-state index contributed by atoms with van der Waals surface area (Å²) >= 11 is 0. The molecule has 0 saturated carbocycles. The monoisotopic (exact) mass is 315 g/mol. The predicted molar refractivity (Wildman–Crippen MR) is 87.7 cm³/mol. The molecule has 23 heavy (non-hydrogen) atoms. The molecule has 2 aromatic rings. The predicted octanol–water partition coefficient (Wildman–Crippen LogP) is 2.43. The molecule has 0 N–H and O–H groups in total. The number of nitrogens with zero attached hydrogens (tertiary/aromatic N) is 5. The molecule has 2 heterocycles. The van der Waals surface area contributed by atoms with Crippen LogP contribution in [0.3, 0.4) is 0 Å². The van der Waals surface area contributed by atoms with Gasteiger partial charge in [0.25, 0.3) is 0 Å². The van der Waals surface area contributed by atoms with Gasteiger partial charge in [0.1, 0.15) is 0 Å². The van der Waals surface area contributed by atoms with Crippen LogP contribution >= 0.6 is 0 Å². The molecule has 0 radical (unpaired) electrons. The van der Waals surface area contributed by atoms with E-state index in [1.165, 1.54) is 5.56 Å². The van der Waals surface area contributed by atoms with Crippen molar-refractivity contribution in [2.75, 3.05) is 6.61 Å². The van der Waals surface area contributed by atoms with Gasteiger partial charge in [-0.3, -0.25) is 4.90 Å². The average Bonchev–Trinajstić information content (AvgIpc) is 3.00. The number of benzene rings is 1. The van der Waals surface area contributed by atoms with Crippen LogP contribution in [0.5, 0.6) is 0 Å². The van der Waals surface area contributed by atoms with Crippen molar-refractivity contribution in [1.29, 1.82) is 0 Å². The lowest BCUT2D eigenvalue weighted by molar-refractivity contribution is -0.100. The number of ether oxygens (including phenoxy) is 1. The first-order valence-electron chi connectivity index (χ1n) is 8.38. The zero-order valence-electron chi connectivity index (χ0n) is 14.1. The molecule has 3 rings (SSSR count). The number of rotatable bonds is 5. The second-order valence-corrected chi connectivity index (χ2v) is 6.24. The van der Waals surface area contributed by atoms with E-state index in [1.807, 2.05) is 10.7 Å². The second-order valence-electron chi connectivity index (χ2n) is 6.24. The van der Waals surface area contributed by atoms with E-state index in [1.54, 1.807) is 0 Å². The lowest BCUT2D eigenvalue weighted by Gasteiger charge is -2.43. The van der Waals surface area contributed by atoms with Crippen LogP contribution in [0.1, 0.15) is 44.7 Å². The minimum Gasteiger partial charge on any atom is -0.370 e. The van der Waals surface area contributed by atoms with Crippen LogP contribution in [-0.4, -0.2) is 43.8 Å². The van der Waals surface area contributed by atoms with Crippen LogP contribution in [0.25, 0.3) is 0 Å². The number of morpholine rings is 1. The van der Waals surface area contributed by atoms with E-state index in [4.69, 9.17) is 4.74 Å². The molecule has 0 unspecified atom stereocenters. The van der Waals surface area contributed by atoms with E-state index in [0.717, 1.165) is 31.9 Å². The van der Waals surface area contributed by atoms with Crippen molar-refractivity contribution in [3.05, 3.63) is 41.7 Å². The molecule has 1 aliphatic rings. The highest BCUT2D eigenvalue weighted by molar-refractivity contribution is 5.19. The summed E-state index contributed by atoms with van der Waals surface area (Å²) in [6, 6.07) is 11.1. The highest BCUT2D eigenvalue weighted by Crippen LogP contribution is 2.31. The molecule has 1 aliphatic heterocycles. The zero-order valence-corrected chi connectivity index (χ0v) is 14.1. The number of hydrogen-bond donors (Lipinski definition) is 0. The van der Waals surface area contributed by atoms with Crippen LogP contribution in [0, 0.1) is 0 Å². The van der Waals surface area contributed by atoms with Crippen LogP contribution in [-0.2, 0) is 17.8 Å². The number of aromatic nitrogens is 4. The number of tetrazole rings is 1. The maximum Gasteiger partial charge on any atom is 0.165 e. The number of hydrogen-bond acceptors (Lipinski definition) is 5. The van der Waals surface area contributed by atoms with Crippen molar-refractivity contribution < 1.29 is 4.74 Å². The first-order chi connectivity index (χ1) is 11.2. The van der Waals surface area contributed by atoms with Gasteiger partial charge in [-0.25, -0.2) is 4.68 Å². The Bertz CT molecular complexity index is 614. The molecular weight excluding hydrogens is 290 g/mol. The van der Waals surface area contributed by atoms with Crippen LogP contribution in [0.2, 0.25) is 0 Å². The summed E-state index contributed by atoms with van der Waals surface area (Å²) in [5, 5.41) is 12.1. The van der Waals surface area contributed by atoms with E-state index in [9.17, 15) is 0 Å². The second kappa shape index (κ2) is 7.19. The normalized spacial score (nSPS) is 25.6. The fraction of sp³-hybridized carbons (Fsp3) is 0.588. The van der Waals surface area contributed by atoms with Gasteiger partial charge in [-0.05, 0) is 36.3 Å². The fourth-order valence-electron chi connectivity index (χ4n) is 3.26. The Labute approximate surface area is 137 Å². The molecule has 6 nitrogen and oxygen atoms in total. The molecule has 1 aromatic carbocycles. The van der Waals surface area contributed by atoms with Crippen LogP contribution in [0.15, 0.2) is 30.3 Å². The van der Waals surface area contributed by atoms with Crippen molar-refractivity contribution in [1.82, 2.24) is 25.1 Å². The molecule has 3 atom stereocenters. The Balaban J connectivity index is 1.78. The molecule has 0 spiro atoms. The standard InChI is InChI=1S/C17H25N5O/c1-4-10-22-16(18-19-20-22)11-21-13(2)12-23-17(14(21)3)15-8-6-5-7-9-15/h5-9,13-14,17H,4,10-12H2,1-3H3/t13-,14+,17+/m1/s1. The van der Waals surface area contributed by atoms with E-state index < -0.39 is 0 Å². The molecule has 124 valence electrons. The first-order valence-corrected chi connectivity index (χ1v) is 8.38. The summed E-state index contributed by atoms with van der Waals surface area (Å²) in [6.07, 6.45) is 1.11. The van der Waals surface area contributed by atoms with Crippen LogP contribution < -0.4 is 0 Å². The lowest BCUT2D eigenvalue weighted by Crippen LogP contribution is -2.50. The van der Waals surface area contributed by atoms with Gasteiger partial charge in [0.2, 0.25) is 0 Å². The molecule has 1 aromatic heterocycles. The van der Waals surface area contributed by atoms with E-state index in [0.29, 0.717) is 6.04 Å². The Hall–Kier alpha value is -1.79. The van der Waals surface area contributed by atoms with Gasteiger partial charge in [0.05, 0.1) is 19.3 Å². The minimum atomic E-state index is 0.0860. The van der Waals surface area contributed by atoms with Crippen LogP contribution in [0.4, 0.5) is 0 Å². The topological polar surface area (TPSA) is 56.1 Å². The first kappa shape index (κ1) is 16.1. The van der Waals surface area contributed by atoms with Gasteiger partial charge in [-0.15, -0.1) is 5.10 Å². The third kappa shape index (κ3) is 3.43. The Kier molecular flexibility index (Phi) is 5.03. The molecule has 0 amide bonds. The summed E-state index contributed by atoms with van der Waals surface area (Å²) in [7, 11) is 0. The minimum absolute atomic E-state index is 0.0860. The summed E-state index contributed by atoms with van der Waals surface area (Å²) in [4.78, 5) is 2.44. The molecule has 1 saturated heterocycles. The van der Waals surface area contributed by atoms with Crippen molar-refractivity contribution in [2.45, 2.75) is 58.5 Å². The number of aryl methyl sites for hydroxylation is 1. The SMILES string of the molecule is CCCn1nnnc1CN1[C@H](C)CO[C@H](c2ccccc2)[C@@H]1C. The van der Waals surface area contributed by atoms with Crippen molar-refractivity contribution in [2.24, 2.45) is 0 Å². The molecule has 0 bridgehead atoms. The summed E-state index contributed by atoms with van der Waals surface area (Å²) in [5.41, 5.74) is 1.23. The summed E-state index contributed by atoms with van der Waals surface area (Å²) < 4.78 is 8.02. The van der Waals surface area contributed by atoms with E-state index in [-0.39, 0.29) is 12.1 Å². The molecular formula is C17H25N5O. The van der Waals surface area contributed by atoms with Gasteiger partial charge in [0, 0.05) is 18.6 Å². The summed E-state index contributed by atoms with van der Waals surface area (Å²) in [6.45, 7) is 8.89. The van der Waals surface area contributed by atoms with Crippen molar-refractivity contribution in [3.63, 3.8) is 0 Å². The Morgan fingerprint density at radius 3 is 2.74 bits per heavy atom. The largest absolute Gasteiger partial charge is 0.370 e. The van der Waals surface area contributed by atoms with Gasteiger partial charge in [-0.2, -0.15) is 0 Å². The van der Waals surface area contributed by atoms with Crippen molar-refractivity contribution >= 4 is 0 Å². The zero-order chi connectivity index (χ0) is 16.2. The maximum absolute atomic E-state index is 6.12. The van der Waals surface area contributed by atoms with E-state index >= 15 is 0 Å². The Morgan fingerprint density at radius 1 is 1.22 bits per heavy atom. The highest BCUT2D eigenvalue weighted by atomic mass is 16.5. The fourth-order valence-corrected chi connectivity index (χ4v) is 3.26. The average molecular weight is 315 g/mol.